The van der Waals surface area contributed by atoms with Crippen LogP contribution in [0.2, 0.25) is 0 Å². The van der Waals surface area contributed by atoms with Gasteiger partial charge in [-0.2, -0.15) is 0 Å². The maximum Gasteiger partial charge on any atom is 0.0802 e. The van der Waals surface area contributed by atoms with E-state index in [9.17, 15) is 5.11 Å². The summed E-state index contributed by atoms with van der Waals surface area (Å²) >= 11 is 0. The quantitative estimate of drug-likeness (QED) is 0.769. The Balaban J connectivity index is 2.12. The molecule has 1 unspecified atom stereocenters. The highest BCUT2D eigenvalue weighted by molar-refractivity contribution is 5.21. The molecule has 0 saturated heterocycles. The van der Waals surface area contributed by atoms with E-state index in [1.807, 2.05) is 25.3 Å². The van der Waals surface area contributed by atoms with E-state index in [-0.39, 0.29) is 6.10 Å². The zero-order chi connectivity index (χ0) is 9.26. The summed E-state index contributed by atoms with van der Waals surface area (Å²) in [5.74, 6) is 0.702. The van der Waals surface area contributed by atoms with Crippen LogP contribution in [-0.4, -0.2) is 10.1 Å². The van der Waals surface area contributed by atoms with Gasteiger partial charge in [0.25, 0.3) is 0 Å². The molecule has 0 spiro atoms. The van der Waals surface area contributed by atoms with E-state index in [0.717, 1.165) is 12.0 Å². The van der Waals surface area contributed by atoms with Crippen LogP contribution in [0.3, 0.4) is 0 Å². The van der Waals surface area contributed by atoms with E-state index < -0.39 is 0 Å². The minimum atomic E-state index is -0.347. The van der Waals surface area contributed by atoms with Gasteiger partial charge < -0.3 is 5.11 Å². The number of hydrogen-bond donors (Lipinski definition) is 1. The first kappa shape index (κ1) is 8.70. The van der Waals surface area contributed by atoms with Crippen molar-refractivity contribution >= 4 is 0 Å². The molecule has 1 aromatic rings. The molecular formula is C11H15NO. The SMILES string of the molecule is CCC(O)c1ccc(C2CC2)nc1. The summed E-state index contributed by atoms with van der Waals surface area (Å²) < 4.78 is 0. The number of rotatable bonds is 3. The van der Waals surface area contributed by atoms with Crippen molar-refractivity contribution in [1.29, 1.82) is 0 Å². The van der Waals surface area contributed by atoms with Crippen molar-refractivity contribution in [2.45, 2.75) is 38.2 Å². The normalized spacial score (nSPS) is 18.6. The Labute approximate surface area is 78.6 Å². The van der Waals surface area contributed by atoms with Crippen LogP contribution in [0.15, 0.2) is 18.3 Å². The lowest BCUT2D eigenvalue weighted by Crippen LogP contribution is -1.97. The van der Waals surface area contributed by atoms with Gasteiger partial charge in [-0.15, -0.1) is 0 Å². The van der Waals surface area contributed by atoms with Gasteiger partial charge in [0.2, 0.25) is 0 Å². The third-order valence-corrected chi connectivity index (χ3v) is 2.58. The summed E-state index contributed by atoms with van der Waals surface area (Å²) in [5.41, 5.74) is 2.12. The van der Waals surface area contributed by atoms with E-state index in [1.165, 1.54) is 18.5 Å². The van der Waals surface area contributed by atoms with Crippen molar-refractivity contribution in [3.63, 3.8) is 0 Å². The summed E-state index contributed by atoms with van der Waals surface area (Å²) in [5, 5.41) is 9.53. The Hall–Kier alpha value is -0.890. The number of aliphatic hydroxyl groups is 1. The molecule has 0 bridgehead atoms. The molecule has 1 aromatic heterocycles. The molecule has 0 amide bonds. The fourth-order valence-corrected chi connectivity index (χ4v) is 1.47. The van der Waals surface area contributed by atoms with Crippen LogP contribution in [-0.2, 0) is 0 Å². The fraction of sp³-hybridized carbons (Fsp3) is 0.545. The zero-order valence-electron chi connectivity index (χ0n) is 7.90. The number of aliphatic hydroxyl groups excluding tert-OH is 1. The monoisotopic (exact) mass is 177 g/mol. The lowest BCUT2D eigenvalue weighted by Gasteiger charge is -2.07. The standard InChI is InChI=1S/C11H15NO/c1-2-11(13)9-5-6-10(12-7-9)8-3-4-8/h5-8,11,13H,2-4H2,1H3. The molecule has 2 rings (SSSR count). The summed E-state index contributed by atoms with van der Waals surface area (Å²) in [6.45, 7) is 1.97. The lowest BCUT2D eigenvalue weighted by atomic mass is 10.1. The Kier molecular flexibility index (Phi) is 2.32. The third-order valence-electron chi connectivity index (χ3n) is 2.58. The van der Waals surface area contributed by atoms with Crippen LogP contribution in [0.1, 0.15) is 49.5 Å². The Morgan fingerprint density at radius 1 is 1.54 bits per heavy atom. The molecule has 1 atom stereocenters. The molecule has 2 heteroatoms. The first-order chi connectivity index (χ1) is 6.31. The predicted octanol–water partition coefficient (Wildman–Crippen LogP) is 2.40. The predicted molar refractivity (Wildman–Crippen MR) is 51.5 cm³/mol. The third kappa shape index (κ3) is 1.89. The van der Waals surface area contributed by atoms with Gasteiger partial charge in [-0.05, 0) is 30.9 Å². The van der Waals surface area contributed by atoms with Crippen LogP contribution < -0.4 is 0 Å². The molecule has 0 aromatic carbocycles. The molecule has 1 fully saturated rings. The van der Waals surface area contributed by atoms with Gasteiger partial charge in [0.1, 0.15) is 0 Å². The average Bonchev–Trinajstić information content (AvgIpc) is 3.00. The Bertz CT molecular complexity index is 277. The van der Waals surface area contributed by atoms with Gasteiger partial charge in [-0.1, -0.05) is 13.0 Å². The van der Waals surface area contributed by atoms with Gasteiger partial charge in [0, 0.05) is 17.8 Å². The molecule has 13 heavy (non-hydrogen) atoms. The molecule has 1 saturated carbocycles. The molecule has 2 nitrogen and oxygen atoms in total. The van der Waals surface area contributed by atoms with Crippen molar-refractivity contribution in [3.05, 3.63) is 29.6 Å². The molecule has 1 aliphatic rings. The van der Waals surface area contributed by atoms with Gasteiger partial charge in [0.15, 0.2) is 0 Å². The Morgan fingerprint density at radius 2 is 2.31 bits per heavy atom. The topological polar surface area (TPSA) is 33.1 Å². The van der Waals surface area contributed by atoms with E-state index in [1.54, 1.807) is 0 Å². The van der Waals surface area contributed by atoms with Crippen LogP contribution >= 0.6 is 0 Å². The van der Waals surface area contributed by atoms with E-state index in [0.29, 0.717) is 5.92 Å². The highest BCUT2D eigenvalue weighted by atomic mass is 16.3. The number of hydrogen-bond acceptors (Lipinski definition) is 2. The summed E-state index contributed by atoms with van der Waals surface area (Å²) in [4.78, 5) is 4.35. The van der Waals surface area contributed by atoms with E-state index >= 15 is 0 Å². The highest BCUT2D eigenvalue weighted by Crippen LogP contribution is 2.38. The van der Waals surface area contributed by atoms with Crippen LogP contribution in [0.5, 0.6) is 0 Å². The van der Waals surface area contributed by atoms with Crippen molar-refractivity contribution in [1.82, 2.24) is 4.98 Å². The van der Waals surface area contributed by atoms with Gasteiger partial charge in [-0.25, -0.2) is 0 Å². The van der Waals surface area contributed by atoms with Crippen molar-refractivity contribution in [2.24, 2.45) is 0 Å². The summed E-state index contributed by atoms with van der Waals surface area (Å²) in [7, 11) is 0. The number of aromatic nitrogens is 1. The second-order valence-electron chi connectivity index (χ2n) is 3.71. The molecule has 1 N–H and O–H groups in total. The highest BCUT2D eigenvalue weighted by Gasteiger charge is 2.24. The van der Waals surface area contributed by atoms with E-state index in [4.69, 9.17) is 0 Å². The van der Waals surface area contributed by atoms with Crippen LogP contribution in [0.25, 0.3) is 0 Å². The molecule has 0 radical (unpaired) electrons. The van der Waals surface area contributed by atoms with Gasteiger partial charge in [-0.3, -0.25) is 4.98 Å². The first-order valence-electron chi connectivity index (χ1n) is 4.95. The van der Waals surface area contributed by atoms with Crippen LogP contribution in [0, 0.1) is 0 Å². The largest absolute Gasteiger partial charge is 0.388 e. The van der Waals surface area contributed by atoms with Crippen molar-refractivity contribution in [3.8, 4) is 0 Å². The maximum atomic E-state index is 9.53. The van der Waals surface area contributed by atoms with Gasteiger partial charge in [0.05, 0.1) is 6.10 Å². The number of nitrogens with zero attached hydrogens (tertiary/aromatic N) is 1. The minimum Gasteiger partial charge on any atom is -0.388 e. The van der Waals surface area contributed by atoms with Gasteiger partial charge >= 0.3 is 0 Å². The minimum absolute atomic E-state index is 0.347. The zero-order valence-corrected chi connectivity index (χ0v) is 7.90. The van der Waals surface area contributed by atoms with Crippen molar-refractivity contribution in [2.75, 3.05) is 0 Å². The lowest BCUT2D eigenvalue weighted by molar-refractivity contribution is 0.173. The summed E-state index contributed by atoms with van der Waals surface area (Å²) in [6.07, 6.45) is 4.78. The molecule has 1 aliphatic carbocycles. The molecular weight excluding hydrogens is 162 g/mol. The Morgan fingerprint density at radius 3 is 2.77 bits per heavy atom. The first-order valence-corrected chi connectivity index (χ1v) is 4.95. The fourth-order valence-electron chi connectivity index (χ4n) is 1.47. The average molecular weight is 177 g/mol. The smallest absolute Gasteiger partial charge is 0.0802 e. The summed E-state index contributed by atoms with van der Waals surface area (Å²) in [6, 6.07) is 4.04. The van der Waals surface area contributed by atoms with E-state index in [2.05, 4.69) is 4.98 Å². The second-order valence-corrected chi connectivity index (χ2v) is 3.71. The maximum absolute atomic E-state index is 9.53. The number of pyridine rings is 1. The molecule has 0 aliphatic heterocycles. The van der Waals surface area contributed by atoms with Crippen molar-refractivity contribution < 1.29 is 5.11 Å². The molecule has 1 heterocycles. The van der Waals surface area contributed by atoms with Crippen LogP contribution in [0.4, 0.5) is 0 Å². The molecule has 70 valence electrons. The second kappa shape index (κ2) is 3.46.